The Labute approximate surface area is 114 Å². The number of aliphatic hydroxyl groups excluding tert-OH is 1. The Morgan fingerprint density at radius 1 is 1.21 bits per heavy atom. The van der Waals surface area contributed by atoms with E-state index < -0.39 is 5.79 Å². The molecule has 102 valence electrons. The van der Waals surface area contributed by atoms with E-state index in [9.17, 15) is 0 Å². The van der Waals surface area contributed by atoms with Crippen LogP contribution in [0.25, 0.3) is 5.57 Å². The molecule has 1 N–H and O–H groups in total. The van der Waals surface area contributed by atoms with Crippen molar-refractivity contribution >= 4 is 5.57 Å². The second kappa shape index (κ2) is 6.66. The Morgan fingerprint density at radius 3 is 2.58 bits per heavy atom. The van der Waals surface area contributed by atoms with E-state index in [1.807, 2.05) is 37.3 Å². The van der Waals surface area contributed by atoms with Gasteiger partial charge in [0.25, 0.3) is 0 Å². The first-order valence-corrected chi connectivity index (χ1v) is 6.63. The summed E-state index contributed by atoms with van der Waals surface area (Å²) in [5.74, 6) is -0.726. The zero-order valence-corrected chi connectivity index (χ0v) is 11.2. The third-order valence-electron chi connectivity index (χ3n) is 3.06. The number of aliphatic hydroxyl groups is 1. The predicted octanol–water partition coefficient (Wildman–Crippen LogP) is 2.77. The molecule has 1 aromatic carbocycles. The second-order valence-corrected chi connectivity index (χ2v) is 4.38. The lowest BCUT2D eigenvalue weighted by Crippen LogP contribution is -2.35. The maximum Gasteiger partial charge on any atom is 0.191 e. The van der Waals surface area contributed by atoms with Gasteiger partial charge in [0.15, 0.2) is 5.79 Å². The molecule has 3 nitrogen and oxygen atoms in total. The van der Waals surface area contributed by atoms with E-state index in [2.05, 4.69) is 18.2 Å². The number of benzene rings is 1. The Kier molecular flexibility index (Phi) is 4.91. The largest absolute Gasteiger partial charge is 0.394 e. The van der Waals surface area contributed by atoms with Gasteiger partial charge in [-0.1, -0.05) is 42.5 Å². The molecule has 0 fully saturated rings. The van der Waals surface area contributed by atoms with Crippen molar-refractivity contribution in [2.24, 2.45) is 0 Å². The SMILES string of the molecule is CCOC1(OCCO)C=CC(c2ccccc2)=CC1. The van der Waals surface area contributed by atoms with Gasteiger partial charge in [0.1, 0.15) is 0 Å². The molecular formula is C16H20O3. The molecule has 19 heavy (non-hydrogen) atoms. The fourth-order valence-electron chi connectivity index (χ4n) is 2.17. The molecule has 0 aliphatic heterocycles. The van der Waals surface area contributed by atoms with Crippen LogP contribution in [0, 0.1) is 0 Å². The van der Waals surface area contributed by atoms with Gasteiger partial charge in [0.2, 0.25) is 0 Å². The van der Waals surface area contributed by atoms with Gasteiger partial charge in [-0.05, 0) is 24.1 Å². The summed E-state index contributed by atoms with van der Waals surface area (Å²) in [7, 11) is 0. The minimum atomic E-state index is -0.726. The van der Waals surface area contributed by atoms with Gasteiger partial charge in [0.05, 0.1) is 13.2 Å². The number of allylic oxidation sites excluding steroid dienone is 2. The van der Waals surface area contributed by atoms with Crippen LogP contribution in [0.5, 0.6) is 0 Å². The Hall–Kier alpha value is -1.42. The molecule has 0 heterocycles. The number of ether oxygens (including phenoxy) is 2. The topological polar surface area (TPSA) is 38.7 Å². The highest BCUT2D eigenvalue weighted by atomic mass is 16.7. The highest BCUT2D eigenvalue weighted by molar-refractivity contribution is 5.75. The molecule has 0 aromatic heterocycles. The van der Waals surface area contributed by atoms with Gasteiger partial charge < -0.3 is 14.6 Å². The van der Waals surface area contributed by atoms with Crippen LogP contribution in [-0.2, 0) is 9.47 Å². The van der Waals surface area contributed by atoms with Crippen LogP contribution < -0.4 is 0 Å². The van der Waals surface area contributed by atoms with E-state index in [1.54, 1.807) is 0 Å². The van der Waals surface area contributed by atoms with Crippen molar-refractivity contribution < 1.29 is 14.6 Å². The zero-order valence-electron chi connectivity index (χ0n) is 11.2. The van der Waals surface area contributed by atoms with E-state index in [1.165, 1.54) is 11.1 Å². The number of hydrogen-bond donors (Lipinski definition) is 1. The third-order valence-corrected chi connectivity index (χ3v) is 3.06. The van der Waals surface area contributed by atoms with Crippen molar-refractivity contribution in [1.29, 1.82) is 0 Å². The first kappa shape index (κ1) is 14.0. The maximum absolute atomic E-state index is 8.89. The summed E-state index contributed by atoms with van der Waals surface area (Å²) in [5, 5.41) is 8.89. The summed E-state index contributed by atoms with van der Waals surface area (Å²) in [6.07, 6.45) is 6.73. The Bertz CT molecular complexity index is 450. The lowest BCUT2D eigenvalue weighted by Gasteiger charge is -2.32. The van der Waals surface area contributed by atoms with Crippen molar-refractivity contribution in [3.8, 4) is 0 Å². The highest BCUT2D eigenvalue weighted by Crippen LogP contribution is 2.30. The summed E-state index contributed by atoms with van der Waals surface area (Å²) in [6.45, 7) is 2.79. The van der Waals surface area contributed by atoms with E-state index in [-0.39, 0.29) is 13.2 Å². The van der Waals surface area contributed by atoms with Crippen LogP contribution >= 0.6 is 0 Å². The molecule has 1 aromatic rings. The quantitative estimate of drug-likeness (QED) is 0.799. The average molecular weight is 260 g/mol. The van der Waals surface area contributed by atoms with Gasteiger partial charge >= 0.3 is 0 Å². The molecule has 1 aliphatic carbocycles. The van der Waals surface area contributed by atoms with Gasteiger partial charge in [-0.2, -0.15) is 0 Å². The molecule has 0 amide bonds. The predicted molar refractivity (Wildman–Crippen MR) is 75.6 cm³/mol. The average Bonchev–Trinajstić information content (AvgIpc) is 2.47. The monoisotopic (exact) mass is 260 g/mol. The fraction of sp³-hybridized carbons (Fsp3) is 0.375. The normalized spacial score (nSPS) is 22.3. The minimum Gasteiger partial charge on any atom is -0.394 e. The third kappa shape index (κ3) is 3.53. The maximum atomic E-state index is 8.89. The fourth-order valence-corrected chi connectivity index (χ4v) is 2.17. The number of rotatable bonds is 6. The molecule has 1 aliphatic rings. The van der Waals surface area contributed by atoms with Gasteiger partial charge in [-0.15, -0.1) is 0 Å². The molecule has 0 spiro atoms. The molecule has 0 saturated carbocycles. The highest BCUT2D eigenvalue weighted by Gasteiger charge is 2.29. The van der Waals surface area contributed by atoms with Crippen molar-refractivity contribution in [3.63, 3.8) is 0 Å². The molecule has 0 bridgehead atoms. The Balaban J connectivity index is 2.10. The Morgan fingerprint density at radius 2 is 2.00 bits per heavy atom. The van der Waals surface area contributed by atoms with E-state index >= 15 is 0 Å². The lowest BCUT2D eigenvalue weighted by molar-refractivity contribution is -0.203. The lowest BCUT2D eigenvalue weighted by atomic mass is 9.96. The molecule has 0 radical (unpaired) electrons. The van der Waals surface area contributed by atoms with Crippen molar-refractivity contribution in [3.05, 3.63) is 54.1 Å². The summed E-state index contributed by atoms with van der Waals surface area (Å²) in [4.78, 5) is 0. The minimum absolute atomic E-state index is 0.00206. The molecule has 1 unspecified atom stereocenters. The molecule has 1 atom stereocenters. The van der Waals surface area contributed by atoms with Crippen LogP contribution in [0.2, 0.25) is 0 Å². The summed E-state index contributed by atoms with van der Waals surface area (Å²) in [6, 6.07) is 10.2. The van der Waals surface area contributed by atoms with E-state index in [0.717, 1.165) is 0 Å². The van der Waals surface area contributed by atoms with Crippen LogP contribution in [0.1, 0.15) is 18.9 Å². The van der Waals surface area contributed by atoms with Gasteiger partial charge in [-0.3, -0.25) is 0 Å². The van der Waals surface area contributed by atoms with Gasteiger partial charge in [-0.25, -0.2) is 0 Å². The van der Waals surface area contributed by atoms with Crippen LogP contribution in [0.15, 0.2) is 48.6 Å². The first-order chi connectivity index (χ1) is 9.29. The smallest absolute Gasteiger partial charge is 0.191 e. The first-order valence-electron chi connectivity index (χ1n) is 6.63. The summed E-state index contributed by atoms with van der Waals surface area (Å²) in [5.41, 5.74) is 2.36. The van der Waals surface area contributed by atoms with Crippen molar-refractivity contribution in [2.45, 2.75) is 19.1 Å². The van der Waals surface area contributed by atoms with E-state index in [0.29, 0.717) is 13.0 Å². The van der Waals surface area contributed by atoms with Crippen molar-refractivity contribution in [2.75, 3.05) is 19.8 Å². The second-order valence-electron chi connectivity index (χ2n) is 4.38. The van der Waals surface area contributed by atoms with Crippen LogP contribution in [0.3, 0.4) is 0 Å². The summed E-state index contributed by atoms with van der Waals surface area (Å²) >= 11 is 0. The van der Waals surface area contributed by atoms with Crippen LogP contribution in [-0.4, -0.2) is 30.7 Å². The molecule has 0 saturated heterocycles. The summed E-state index contributed by atoms with van der Waals surface area (Å²) < 4.78 is 11.3. The molecular weight excluding hydrogens is 240 g/mol. The zero-order chi connectivity index (χ0) is 13.6. The van der Waals surface area contributed by atoms with Crippen LogP contribution in [0.4, 0.5) is 0 Å². The van der Waals surface area contributed by atoms with Gasteiger partial charge in [0, 0.05) is 13.0 Å². The number of hydrogen-bond acceptors (Lipinski definition) is 3. The van der Waals surface area contributed by atoms with Crippen molar-refractivity contribution in [1.82, 2.24) is 0 Å². The van der Waals surface area contributed by atoms with E-state index in [4.69, 9.17) is 14.6 Å². The molecule has 3 heteroatoms. The standard InChI is InChI=1S/C16H20O3/c1-2-18-16(19-13-12-17)10-8-15(9-11-16)14-6-4-3-5-7-14/h3-10,17H,2,11-13H2,1H3. The molecule has 2 rings (SSSR count).